The number of nitrogens with zero attached hydrogens (tertiary/aromatic N) is 3. The molecule has 1 aliphatic heterocycles. The maximum Gasteiger partial charge on any atom is 0.410 e. The normalized spacial score (nSPS) is 15.3. The van der Waals surface area contributed by atoms with Crippen LogP contribution in [0.25, 0.3) is 0 Å². The molecule has 40 heavy (non-hydrogen) atoms. The summed E-state index contributed by atoms with van der Waals surface area (Å²) in [6.07, 6.45) is 1.36. The van der Waals surface area contributed by atoms with E-state index in [4.69, 9.17) is 9.47 Å². The van der Waals surface area contributed by atoms with Gasteiger partial charge in [0.25, 0.3) is 5.91 Å². The van der Waals surface area contributed by atoms with Crippen LogP contribution in [0.2, 0.25) is 0 Å². The van der Waals surface area contributed by atoms with Gasteiger partial charge in [-0.05, 0) is 89.1 Å². The highest BCUT2D eigenvalue weighted by Crippen LogP contribution is 2.33. The van der Waals surface area contributed by atoms with Crippen LogP contribution < -0.4 is 15.1 Å². The summed E-state index contributed by atoms with van der Waals surface area (Å²) in [5.74, 6) is -0.851. The molecule has 1 saturated heterocycles. The minimum absolute atomic E-state index is 0.0503. The van der Waals surface area contributed by atoms with E-state index in [-0.39, 0.29) is 37.0 Å². The van der Waals surface area contributed by atoms with Crippen molar-refractivity contribution in [1.29, 1.82) is 0 Å². The van der Waals surface area contributed by atoms with Gasteiger partial charge in [-0.1, -0.05) is 0 Å². The van der Waals surface area contributed by atoms with Crippen molar-refractivity contribution in [2.45, 2.75) is 46.1 Å². The van der Waals surface area contributed by atoms with Gasteiger partial charge in [-0.15, -0.1) is 0 Å². The lowest BCUT2D eigenvalue weighted by molar-refractivity contribution is -0.142. The van der Waals surface area contributed by atoms with Gasteiger partial charge in [-0.25, -0.2) is 4.79 Å². The minimum atomic E-state index is -0.522. The summed E-state index contributed by atoms with van der Waals surface area (Å²) >= 11 is 0. The van der Waals surface area contributed by atoms with E-state index in [9.17, 15) is 19.2 Å². The number of rotatable bonds is 8. The van der Waals surface area contributed by atoms with Crippen molar-refractivity contribution in [3.63, 3.8) is 0 Å². The first-order valence-electron chi connectivity index (χ1n) is 13.8. The van der Waals surface area contributed by atoms with Crippen molar-refractivity contribution in [1.82, 2.24) is 4.90 Å². The quantitative estimate of drug-likeness (QED) is 0.488. The van der Waals surface area contributed by atoms with Crippen molar-refractivity contribution in [2.75, 3.05) is 54.4 Å². The van der Waals surface area contributed by atoms with Gasteiger partial charge in [-0.2, -0.15) is 0 Å². The van der Waals surface area contributed by atoms with Gasteiger partial charge in [0, 0.05) is 54.7 Å². The Morgan fingerprint density at radius 2 is 1.55 bits per heavy atom. The number of piperazine rings is 1. The van der Waals surface area contributed by atoms with E-state index in [1.54, 1.807) is 48.2 Å². The predicted octanol–water partition coefficient (Wildman–Crippen LogP) is 4.30. The number of hydrogen-bond acceptors (Lipinski definition) is 7. The van der Waals surface area contributed by atoms with Crippen LogP contribution in [-0.2, 0) is 19.1 Å². The average Bonchev–Trinajstić information content (AvgIpc) is 3.77. The van der Waals surface area contributed by atoms with Crippen molar-refractivity contribution < 1.29 is 28.7 Å². The molecule has 10 heteroatoms. The van der Waals surface area contributed by atoms with Crippen LogP contribution in [0.5, 0.6) is 0 Å². The number of esters is 1. The molecule has 0 atom stereocenters. The lowest BCUT2D eigenvalue weighted by Crippen LogP contribution is -2.50. The van der Waals surface area contributed by atoms with Crippen LogP contribution in [0.3, 0.4) is 0 Å². The molecule has 0 aromatic heterocycles. The number of amides is 3. The maximum atomic E-state index is 12.9. The largest absolute Gasteiger partial charge is 0.465 e. The van der Waals surface area contributed by atoms with Gasteiger partial charge >= 0.3 is 12.1 Å². The lowest BCUT2D eigenvalue weighted by Gasteiger charge is -2.36. The van der Waals surface area contributed by atoms with E-state index in [0.29, 0.717) is 43.1 Å². The van der Waals surface area contributed by atoms with Gasteiger partial charge in [0.1, 0.15) is 12.1 Å². The smallest absolute Gasteiger partial charge is 0.410 e. The van der Waals surface area contributed by atoms with Crippen LogP contribution in [0.1, 0.15) is 50.9 Å². The zero-order valence-corrected chi connectivity index (χ0v) is 23.6. The maximum absolute atomic E-state index is 12.9. The molecule has 1 saturated carbocycles. The third-order valence-electron chi connectivity index (χ3n) is 6.65. The molecule has 1 heterocycles. The molecule has 1 N–H and O–H groups in total. The van der Waals surface area contributed by atoms with Crippen molar-refractivity contribution in [3.8, 4) is 0 Å². The van der Waals surface area contributed by atoms with E-state index in [1.165, 1.54) is 4.90 Å². The van der Waals surface area contributed by atoms with Crippen LogP contribution >= 0.6 is 0 Å². The molecule has 2 aromatic carbocycles. The summed E-state index contributed by atoms with van der Waals surface area (Å²) in [5, 5.41) is 2.88. The molecule has 0 bridgehead atoms. The highest BCUT2D eigenvalue weighted by atomic mass is 16.6. The zero-order valence-electron chi connectivity index (χ0n) is 23.6. The van der Waals surface area contributed by atoms with Crippen molar-refractivity contribution >= 4 is 40.9 Å². The summed E-state index contributed by atoms with van der Waals surface area (Å²) in [5.41, 5.74) is 2.12. The SMILES string of the molecule is CCOC(=O)CN(C(=O)C1CC1)c1ccc(NC(=O)c2ccc(N3CCN(C(=O)OC(C)(C)C)CC3)cc2)cc1. The van der Waals surface area contributed by atoms with Gasteiger partial charge in [0.2, 0.25) is 5.91 Å². The molecule has 2 aromatic rings. The molecule has 4 rings (SSSR count). The number of carbonyl (C=O) groups is 4. The number of ether oxygens (including phenoxy) is 2. The molecule has 1 aliphatic carbocycles. The standard InChI is InChI=1S/C30H38N4O6/c1-5-39-26(35)20-34(28(37)22-6-7-22)25-14-10-23(11-15-25)31-27(36)21-8-12-24(13-9-21)32-16-18-33(19-17-32)29(38)40-30(2,3)4/h8-15,22H,5-7,16-20H2,1-4H3,(H,31,36). The number of carbonyl (C=O) groups excluding carboxylic acids is 4. The van der Waals surface area contributed by atoms with E-state index < -0.39 is 11.6 Å². The molecular formula is C30H38N4O6. The minimum Gasteiger partial charge on any atom is -0.465 e. The second kappa shape index (κ2) is 12.4. The summed E-state index contributed by atoms with van der Waals surface area (Å²) in [6, 6.07) is 14.2. The van der Waals surface area contributed by atoms with E-state index in [2.05, 4.69) is 10.2 Å². The number of benzene rings is 2. The topological polar surface area (TPSA) is 108 Å². The summed E-state index contributed by atoms with van der Waals surface area (Å²) in [7, 11) is 0. The van der Waals surface area contributed by atoms with Gasteiger partial charge in [0.05, 0.1) is 6.61 Å². The average molecular weight is 551 g/mol. The van der Waals surface area contributed by atoms with Crippen LogP contribution in [0.15, 0.2) is 48.5 Å². The fraction of sp³-hybridized carbons (Fsp3) is 0.467. The Hall–Kier alpha value is -4.08. The first-order chi connectivity index (χ1) is 19.0. The number of anilines is 3. The molecule has 214 valence electrons. The zero-order chi connectivity index (χ0) is 28.9. The Kier molecular flexibility index (Phi) is 8.96. The van der Waals surface area contributed by atoms with E-state index in [0.717, 1.165) is 18.5 Å². The Morgan fingerprint density at radius 1 is 0.925 bits per heavy atom. The first kappa shape index (κ1) is 28.9. The molecule has 2 fully saturated rings. The molecule has 0 radical (unpaired) electrons. The molecule has 0 unspecified atom stereocenters. The van der Waals surface area contributed by atoms with Gasteiger partial charge in [0.15, 0.2) is 0 Å². The third-order valence-corrected chi connectivity index (χ3v) is 6.65. The van der Waals surface area contributed by atoms with Gasteiger partial charge < -0.3 is 29.5 Å². The fourth-order valence-corrected chi connectivity index (χ4v) is 4.41. The molecule has 0 spiro atoms. The lowest BCUT2D eigenvalue weighted by atomic mass is 10.1. The second-order valence-electron chi connectivity index (χ2n) is 11.0. The summed E-state index contributed by atoms with van der Waals surface area (Å²) in [6.45, 7) is 9.88. The Bertz CT molecular complexity index is 1210. The molecule has 10 nitrogen and oxygen atoms in total. The monoisotopic (exact) mass is 550 g/mol. The van der Waals surface area contributed by atoms with E-state index >= 15 is 0 Å². The Labute approximate surface area is 235 Å². The van der Waals surface area contributed by atoms with Gasteiger partial charge in [-0.3, -0.25) is 14.4 Å². The second-order valence-corrected chi connectivity index (χ2v) is 11.0. The first-order valence-corrected chi connectivity index (χ1v) is 13.8. The fourth-order valence-electron chi connectivity index (χ4n) is 4.41. The molecule has 3 amide bonds. The summed E-state index contributed by atoms with van der Waals surface area (Å²) < 4.78 is 10.5. The Morgan fingerprint density at radius 3 is 2.10 bits per heavy atom. The van der Waals surface area contributed by atoms with Crippen LogP contribution in [0, 0.1) is 5.92 Å². The van der Waals surface area contributed by atoms with E-state index in [1.807, 2.05) is 32.9 Å². The third kappa shape index (κ3) is 7.74. The van der Waals surface area contributed by atoms with Crippen molar-refractivity contribution in [2.24, 2.45) is 5.92 Å². The molecular weight excluding hydrogens is 512 g/mol. The number of nitrogens with one attached hydrogen (secondary N) is 1. The highest BCUT2D eigenvalue weighted by molar-refractivity contribution is 6.05. The summed E-state index contributed by atoms with van der Waals surface area (Å²) in [4.78, 5) is 55.3. The molecule has 2 aliphatic rings. The van der Waals surface area contributed by atoms with Crippen molar-refractivity contribution in [3.05, 3.63) is 54.1 Å². The predicted molar refractivity (Wildman–Crippen MR) is 153 cm³/mol. The number of hydrogen-bond donors (Lipinski definition) is 1. The Balaban J connectivity index is 1.32. The van der Waals surface area contributed by atoms with Crippen LogP contribution in [0.4, 0.5) is 21.9 Å². The highest BCUT2D eigenvalue weighted by Gasteiger charge is 2.35. The van der Waals surface area contributed by atoms with Crippen LogP contribution in [-0.4, -0.2) is 73.7 Å².